The summed E-state index contributed by atoms with van der Waals surface area (Å²) < 4.78 is 17.9. The molecule has 0 aromatic carbocycles. The highest BCUT2D eigenvalue weighted by molar-refractivity contribution is 6.33. The van der Waals surface area contributed by atoms with E-state index in [0.717, 1.165) is 0 Å². The van der Waals surface area contributed by atoms with Crippen molar-refractivity contribution in [2.75, 3.05) is 18.9 Å². The summed E-state index contributed by atoms with van der Waals surface area (Å²) in [5.41, 5.74) is 6.50. The first kappa shape index (κ1) is 15.9. The van der Waals surface area contributed by atoms with Gasteiger partial charge in [0.1, 0.15) is 12.1 Å². The normalized spacial score (nSPS) is 21.2. The number of anilines is 1. The van der Waals surface area contributed by atoms with Crippen LogP contribution in [0, 0.1) is 5.92 Å². The lowest BCUT2D eigenvalue weighted by Gasteiger charge is -2.14. The summed E-state index contributed by atoms with van der Waals surface area (Å²) in [5.74, 6) is -0.460. The van der Waals surface area contributed by atoms with Crippen molar-refractivity contribution in [1.82, 2.24) is 19.5 Å². The first-order valence-corrected chi connectivity index (χ1v) is 7.42. The number of fused-ring (bicyclic) bond motifs is 1. The number of carbonyl (C=O) groups excluding carboxylic acids is 1. The van der Waals surface area contributed by atoms with Gasteiger partial charge in [-0.15, -0.1) is 0 Å². The third kappa shape index (κ3) is 3.21. The van der Waals surface area contributed by atoms with E-state index in [0.29, 0.717) is 11.2 Å². The number of halogens is 1. The molecule has 0 unspecified atom stereocenters. The number of esters is 1. The van der Waals surface area contributed by atoms with E-state index in [2.05, 4.69) is 15.0 Å². The van der Waals surface area contributed by atoms with Crippen LogP contribution in [0.15, 0.2) is 6.33 Å². The summed E-state index contributed by atoms with van der Waals surface area (Å²) in [5, 5.41) is 0.174. The third-order valence-electron chi connectivity index (χ3n) is 3.27. The zero-order chi connectivity index (χ0) is 16.6. The SMILES string of the molecule is CC(C)C(=O)OC[C@@H]1OC[C@H](n2cnc3c(Cl)nc(N)nc32)O1. The summed E-state index contributed by atoms with van der Waals surface area (Å²) in [4.78, 5) is 23.6. The van der Waals surface area contributed by atoms with Crippen molar-refractivity contribution in [3.8, 4) is 0 Å². The number of hydrogen-bond acceptors (Lipinski definition) is 8. The van der Waals surface area contributed by atoms with Gasteiger partial charge in [-0.05, 0) is 0 Å². The highest BCUT2D eigenvalue weighted by Crippen LogP contribution is 2.27. The van der Waals surface area contributed by atoms with E-state index in [4.69, 9.17) is 31.5 Å². The standard InChI is InChI=1S/C13H16ClN5O4/c1-6(2)12(20)22-4-8-21-3-7(23-8)19-5-16-9-10(14)17-13(15)18-11(9)19/h5-8H,3-4H2,1-2H3,(H2,15,17,18)/t7-,8-/m1/s1. The van der Waals surface area contributed by atoms with Gasteiger partial charge in [-0.25, -0.2) is 4.98 Å². The molecule has 2 aromatic heterocycles. The maximum absolute atomic E-state index is 11.5. The first-order valence-electron chi connectivity index (χ1n) is 7.05. The van der Waals surface area contributed by atoms with Crippen LogP contribution in [-0.4, -0.2) is 45.0 Å². The highest BCUT2D eigenvalue weighted by Gasteiger charge is 2.30. The molecule has 1 saturated heterocycles. The van der Waals surface area contributed by atoms with E-state index >= 15 is 0 Å². The summed E-state index contributed by atoms with van der Waals surface area (Å²) in [6.07, 6.45) is 0.421. The van der Waals surface area contributed by atoms with Crippen LogP contribution in [0.5, 0.6) is 0 Å². The molecule has 1 aliphatic rings. The molecule has 2 atom stereocenters. The Bertz CT molecular complexity index is 734. The topological polar surface area (TPSA) is 114 Å². The summed E-state index contributed by atoms with van der Waals surface area (Å²) in [7, 11) is 0. The Morgan fingerprint density at radius 2 is 2.35 bits per heavy atom. The minimum atomic E-state index is -0.644. The van der Waals surface area contributed by atoms with E-state index in [1.165, 1.54) is 6.33 Å². The van der Waals surface area contributed by atoms with E-state index in [9.17, 15) is 4.79 Å². The maximum atomic E-state index is 11.5. The second-order valence-electron chi connectivity index (χ2n) is 5.34. The second-order valence-corrected chi connectivity index (χ2v) is 5.69. The Morgan fingerprint density at radius 3 is 3.09 bits per heavy atom. The van der Waals surface area contributed by atoms with Crippen molar-refractivity contribution in [1.29, 1.82) is 0 Å². The average molecular weight is 342 g/mol. The van der Waals surface area contributed by atoms with E-state index in [1.54, 1.807) is 18.4 Å². The lowest BCUT2D eigenvalue weighted by Crippen LogP contribution is -2.22. The number of hydrogen-bond donors (Lipinski definition) is 1. The molecular formula is C13H16ClN5O4. The van der Waals surface area contributed by atoms with E-state index < -0.39 is 12.5 Å². The van der Waals surface area contributed by atoms with Gasteiger partial charge in [0.15, 0.2) is 23.3 Å². The minimum Gasteiger partial charge on any atom is -0.460 e. The molecule has 1 fully saturated rings. The van der Waals surface area contributed by atoms with Gasteiger partial charge in [-0.3, -0.25) is 9.36 Å². The molecule has 10 heteroatoms. The predicted molar refractivity (Wildman–Crippen MR) is 80.4 cm³/mol. The Morgan fingerprint density at radius 1 is 1.57 bits per heavy atom. The molecule has 2 aromatic rings. The van der Waals surface area contributed by atoms with Crippen molar-refractivity contribution in [2.24, 2.45) is 5.92 Å². The summed E-state index contributed by atoms with van der Waals surface area (Å²) in [6.45, 7) is 3.80. The van der Waals surface area contributed by atoms with Crippen LogP contribution >= 0.6 is 11.6 Å². The van der Waals surface area contributed by atoms with Crippen LogP contribution in [0.1, 0.15) is 20.1 Å². The average Bonchev–Trinajstić information content (AvgIpc) is 3.10. The molecule has 0 saturated carbocycles. The van der Waals surface area contributed by atoms with Crippen molar-refractivity contribution in [2.45, 2.75) is 26.4 Å². The second kappa shape index (κ2) is 6.26. The Labute approximate surface area is 136 Å². The predicted octanol–water partition coefficient (Wildman–Crippen LogP) is 1.13. The zero-order valence-corrected chi connectivity index (χ0v) is 13.4. The minimum absolute atomic E-state index is 0.0258. The number of rotatable bonds is 4. The van der Waals surface area contributed by atoms with Crippen LogP contribution in [0.25, 0.3) is 11.2 Å². The molecule has 3 heterocycles. The molecule has 2 N–H and O–H groups in total. The number of nitrogens with two attached hydrogens (primary N) is 1. The molecule has 9 nitrogen and oxygen atoms in total. The molecule has 0 aliphatic carbocycles. The number of nitrogen functional groups attached to an aromatic ring is 1. The number of nitrogens with zero attached hydrogens (tertiary/aromatic N) is 4. The van der Waals surface area contributed by atoms with Crippen molar-refractivity contribution < 1.29 is 19.0 Å². The molecule has 0 amide bonds. The smallest absolute Gasteiger partial charge is 0.308 e. The third-order valence-corrected chi connectivity index (χ3v) is 3.54. The molecular weight excluding hydrogens is 326 g/mol. The quantitative estimate of drug-likeness (QED) is 0.650. The molecule has 0 spiro atoms. The van der Waals surface area contributed by atoms with Crippen molar-refractivity contribution >= 4 is 34.7 Å². The molecule has 0 bridgehead atoms. The van der Waals surface area contributed by atoms with Crippen molar-refractivity contribution in [3.63, 3.8) is 0 Å². The number of aromatic nitrogens is 4. The molecule has 23 heavy (non-hydrogen) atoms. The van der Waals surface area contributed by atoms with Gasteiger partial charge in [0.05, 0.1) is 18.9 Å². The van der Waals surface area contributed by atoms with Gasteiger partial charge >= 0.3 is 5.97 Å². The number of imidazole rings is 1. The van der Waals surface area contributed by atoms with Crippen LogP contribution in [0.3, 0.4) is 0 Å². The first-order chi connectivity index (χ1) is 11.0. The fraction of sp³-hybridized carbons (Fsp3) is 0.538. The fourth-order valence-corrected chi connectivity index (χ4v) is 2.32. The van der Waals surface area contributed by atoms with Gasteiger partial charge in [0.25, 0.3) is 0 Å². The Hall–Kier alpha value is -1.97. The highest BCUT2D eigenvalue weighted by atomic mass is 35.5. The van der Waals surface area contributed by atoms with Crippen LogP contribution < -0.4 is 5.73 Å². The van der Waals surface area contributed by atoms with E-state index in [-0.39, 0.29) is 36.2 Å². The molecule has 124 valence electrons. The Balaban J connectivity index is 1.71. The molecule has 0 radical (unpaired) electrons. The van der Waals surface area contributed by atoms with Gasteiger partial charge < -0.3 is 19.9 Å². The van der Waals surface area contributed by atoms with Crippen LogP contribution in [-0.2, 0) is 19.0 Å². The van der Waals surface area contributed by atoms with Gasteiger partial charge in [0.2, 0.25) is 5.95 Å². The fourth-order valence-electron chi connectivity index (χ4n) is 2.10. The monoisotopic (exact) mass is 341 g/mol. The van der Waals surface area contributed by atoms with Crippen LogP contribution in [0.2, 0.25) is 5.15 Å². The number of carbonyl (C=O) groups is 1. The summed E-state index contributed by atoms with van der Waals surface area (Å²) >= 11 is 5.99. The van der Waals surface area contributed by atoms with Crippen molar-refractivity contribution in [3.05, 3.63) is 11.5 Å². The van der Waals surface area contributed by atoms with Gasteiger partial charge in [-0.2, -0.15) is 9.97 Å². The zero-order valence-electron chi connectivity index (χ0n) is 12.6. The Kier molecular flexibility index (Phi) is 4.33. The summed E-state index contributed by atoms with van der Waals surface area (Å²) in [6, 6.07) is 0. The van der Waals surface area contributed by atoms with Gasteiger partial charge in [0, 0.05) is 0 Å². The molecule has 3 rings (SSSR count). The maximum Gasteiger partial charge on any atom is 0.308 e. The molecule has 1 aliphatic heterocycles. The van der Waals surface area contributed by atoms with Crippen LogP contribution in [0.4, 0.5) is 5.95 Å². The lowest BCUT2D eigenvalue weighted by molar-refractivity contribution is -0.162. The lowest BCUT2D eigenvalue weighted by atomic mass is 10.2. The van der Waals surface area contributed by atoms with E-state index in [1.807, 2.05) is 0 Å². The number of ether oxygens (including phenoxy) is 3. The van der Waals surface area contributed by atoms with Gasteiger partial charge in [-0.1, -0.05) is 25.4 Å². The largest absolute Gasteiger partial charge is 0.460 e.